The average molecular weight is 373 g/mol. The minimum absolute atomic E-state index is 0.299. The lowest BCUT2D eigenvalue weighted by Crippen LogP contribution is -2.64. The lowest BCUT2D eigenvalue weighted by Gasteiger charge is -2.71. The van der Waals surface area contributed by atoms with Gasteiger partial charge in [-0.1, -0.05) is 47.0 Å². The first-order valence-electron chi connectivity index (χ1n) is 12.4. The van der Waals surface area contributed by atoms with E-state index in [0.717, 1.165) is 29.6 Å². The Hall–Kier alpha value is -0.0400. The standard InChI is InChI=1S/C26H44O/c1-18-7-5-12-23(2)19(18)11-14-25(4)22(23)10-9-20-21-8-6-13-26(21,17-27)16-15-24(20,25)3/h18-22,27H,5-17H2,1-4H3/t18?,19?,20?,21-,22?,23?,24-,25?,26?/m1/s1. The van der Waals surface area contributed by atoms with Crippen LogP contribution in [-0.4, -0.2) is 11.7 Å². The summed E-state index contributed by atoms with van der Waals surface area (Å²) in [6.07, 6.45) is 17.1. The SMILES string of the molecule is CC1CCCC2(C)C1CCC1(C)C2CCC2[C@H]3CCCC3(CO)CC[C@]21C. The van der Waals surface area contributed by atoms with E-state index in [2.05, 4.69) is 27.7 Å². The number of aliphatic hydroxyl groups excluding tert-OH is 1. The van der Waals surface area contributed by atoms with E-state index in [1.807, 2.05) is 0 Å². The minimum Gasteiger partial charge on any atom is -0.396 e. The third kappa shape index (κ3) is 2.22. The van der Waals surface area contributed by atoms with Gasteiger partial charge in [0.1, 0.15) is 0 Å². The van der Waals surface area contributed by atoms with Crippen LogP contribution in [-0.2, 0) is 0 Å². The summed E-state index contributed by atoms with van der Waals surface area (Å²) < 4.78 is 0. The van der Waals surface area contributed by atoms with Crippen molar-refractivity contribution in [2.45, 2.75) is 105 Å². The molecule has 7 unspecified atom stereocenters. The van der Waals surface area contributed by atoms with Crippen LogP contribution in [0.25, 0.3) is 0 Å². The van der Waals surface area contributed by atoms with Crippen LogP contribution in [0.5, 0.6) is 0 Å². The van der Waals surface area contributed by atoms with E-state index < -0.39 is 0 Å². The Morgan fingerprint density at radius 1 is 0.704 bits per heavy atom. The monoisotopic (exact) mass is 372 g/mol. The van der Waals surface area contributed by atoms with E-state index >= 15 is 0 Å². The predicted molar refractivity (Wildman–Crippen MR) is 112 cm³/mol. The predicted octanol–water partition coefficient (Wildman–Crippen LogP) is 6.83. The molecule has 154 valence electrons. The molecule has 1 nitrogen and oxygen atoms in total. The second-order valence-corrected chi connectivity index (χ2v) is 12.6. The topological polar surface area (TPSA) is 20.2 Å². The third-order valence-corrected chi connectivity index (χ3v) is 12.3. The molecule has 5 saturated carbocycles. The molecule has 27 heavy (non-hydrogen) atoms. The summed E-state index contributed by atoms with van der Waals surface area (Å²) in [6.45, 7) is 11.2. The van der Waals surface area contributed by atoms with Crippen molar-refractivity contribution in [1.82, 2.24) is 0 Å². The molecule has 0 amide bonds. The molecule has 0 aromatic rings. The Balaban J connectivity index is 1.52. The van der Waals surface area contributed by atoms with E-state index in [4.69, 9.17) is 0 Å². The highest BCUT2D eigenvalue weighted by Crippen LogP contribution is 2.75. The summed E-state index contributed by atoms with van der Waals surface area (Å²) in [4.78, 5) is 0. The largest absolute Gasteiger partial charge is 0.396 e. The first-order chi connectivity index (χ1) is 12.8. The highest BCUT2D eigenvalue weighted by molar-refractivity contribution is 5.17. The second-order valence-electron chi connectivity index (χ2n) is 12.6. The molecule has 0 radical (unpaired) electrons. The van der Waals surface area contributed by atoms with E-state index in [1.54, 1.807) is 0 Å². The first-order valence-corrected chi connectivity index (χ1v) is 12.4. The van der Waals surface area contributed by atoms with Crippen molar-refractivity contribution in [2.75, 3.05) is 6.61 Å². The van der Waals surface area contributed by atoms with Crippen LogP contribution in [0.15, 0.2) is 0 Å². The summed E-state index contributed by atoms with van der Waals surface area (Å²) in [5, 5.41) is 10.3. The van der Waals surface area contributed by atoms with Gasteiger partial charge in [0.25, 0.3) is 0 Å². The Bertz CT molecular complexity index is 599. The molecule has 1 heteroatoms. The first kappa shape index (κ1) is 19.0. The van der Waals surface area contributed by atoms with Crippen molar-refractivity contribution >= 4 is 0 Å². The average Bonchev–Trinajstić information content (AvgIpc) is 3.07. The molecule has 5 rings (SSSR count). The second kappa shape index (κ2) is 5.99. The molecular weight excluding hydrogens is 328 g/mol. The molecule has 0 heterocycles. The molecule has 0 saturated heterocycles. The zero-order valence-corrected chi connectivity index (χ0v) is 18.5. The van der Waals surface area contributed by atoms with Crippen LogP contribution in [0.3, 0.4) is 0 Å². The smallest absolute Gasteiger partial charge is 0.0490 e. The molecule has 5 aliphatic carbocycles. The van der Waals surface area contributed by atoms with Crippen LogP contribution >= 0.6 is 0 Å². The molecule has 0 aromatic carbocycles. The van der Waals surface area contributed by atoms with Gasteiger partial charge in [-0.05, 0) is 109 Å². The molecule has 0 bridgehead atoms. The Labute approximate surface area is 168 Å². The maximum atomic E-state index is 10.3. The molecule has 1 N–H and O–H groups in total. The maximum absolute atomic E-state index is 10.3. The lowest BCUT2D eigenvalue weighted by molar-refractivity contribution is -0.228. The van der Waals surface area contributed by atoms with Crippen LogP contribution < -0.4 is 0 Å². The Morgan fingerprint density at radius 2 is 1.48 bits per heavy atom. The fourth-order valence-electron chi connectivity index (χ4n) is 10.7. The van der Waals surface area contributed by atoms with Gasteiger partial charge in [-0.15, -0.1) is 0 Å². The molecular formula is C26H44O. The van der Waals surface area contributed by atoms with Crippen molar-refractivity contribution < 1.29 is 5.11 Å². The van der Waals surface area contributed by atoms with Crippen LogP contribution in [0.2, 0.25) is 0 Å². The maximum Gasteiger partial charge on any atom is 0.0490 e. The fraction of sp³-hybridized carbons (Fsp3) is 1.00. The molecule has 0 spiro atoms. The van der Waals surface area contributed by atoms with E-state index in [9.17, 15) is 5.11 Å². The Kier molecular flexibility index (Phi) is 4.21. The minimum atomic E-state index is 0.299. The van der Waals surface area contributed by atoms with Crippen LogP contribution in [0, 0.1) is 51.2 Å². The van der Waals surface area contributed by atoms with Gasteiger partial charge in [0.05, 0.1) is 0 Å². The van der Waals surface area contributed by atoms with Crippen LogP contribution in [0.4, 0.5) is 0 Å². The van der Waals surface area contributed by atoms with Gasteiger partial charge in [-0.3, -0.25) is 0 Å². The fourth-order valence-corrected chi connectivity index (χ4v) is 10.7. The molecule has 0 aromatic heterocycles. The van der Waals surface area contributed by atoms with Gasteiger partial charge in [-0.25, -0.2) is 0 Å². The number of aliphatic hydroxyl groups is 1. The zero-order valence-electron chi connectivity index (χ0n) is 18.5. The van der Waals surface area contributed by atoms with Gasteiger partial charge in [0.15, 0.2) is 0 Å². The van der Waals surface area contributed by atoms with Crippen molar-refractivity contribution in [3.63, 3.8) is 0 Å². The highest BCUT2D eigenvalue weighted by Gasteiger charge is 2.68. The van der Waals surface area contributed by atoms with E-state index in [-0.39, 0.29) is 0 Å². The Morgan fingerprint density at radius 3 is 2.26 bits per heavy atom. The summed E-state index contributed by atoms with van der Waals surface area (Å²) in [7, 11) is 0. The number of fused-ring (bicyclic) bond motifs is 7. The van der Waals surface area contributed by atoms with Gasteiger partial charge in [0, 0.05) is 6.61 Å². The summed E-state index contributed by atoms with van der Waals surface area (Å²) in [6, 6.07) is 0. The van der Waals surface area contributed by atoms with E-state index in [1.165, 1.54) is 77.0 Å². The van der Waals surface area contributed by atoms with Gasteiger partial charge in [-0.2, -0.15) is 0 Å². The third-order valence-electron chi connectivity index (χ3n) is 12.3. The van der Waals surface area contributed by atoms with Gasteiger partial charge >= 0.3 is 0 Å². The highest BCUT2D eigenvalue weighted by atomic mass is 16.3. The number of hydrogen-bond acceptors (Lipinski definition) is 1. The number of rotatable bonds is 1. The van der Waals surface area contributed by atoms with Gasteiger partial charge in [0.2, 0.25) is 0 Å². The zero-order chi connectivity index (χ0) is 19.1. The van der Waals surface area contributed by atoms with Crippen molar-refractivity contribution in [1.29, 1.82) is 0 Å². The number of hydrogen-bond donors (Lipinski definition) is 1. The molecule has 5 fully saturated rings. The quantitative estimate of drug-likeness (QED) is 0.534. The lowest BCUT2D eigenvalue weighted by atomic mass is 9.33. The van der Waals surface area contributed by atoms with Crippen molar-refractivity contribution in [2.24, 2.45) is 51.2 Å². The van der Waals surface area contributed by atoms with Crippen molar-refractivity contribution in [3.05, 3.63) is 0 Å². The van der Waals surface area contributed by atoms with Gasteiger partial charge < -0.3 is 5.11 Å². The molecule has 0 aliphatic heterocycles. The normalized spacial score (nSPS) is 60.1. The molecule has 9 atom stereocenters. The molecule has 5 aliphatic rings. The summed E-state index contributed by atoms with van der Waals surface area (Å²) in [5.41, 5.74) is 1.94. The van der Waals surface area contributed by atoms with Crippen LogP contribution in [0.1, 0.15) is 105 Å². The van der Waals surface area contributed by atoms with E-state index in [0.29, 0.717) is 28.3 Å². The summed E-state index contributed by atoms with van der Waals surface area (Å²) >= 11 is 0. The van der Waals surface area contributed by atoms with Crippen molar-refractivity contribution in [3.8, 4) is 0 Å². The summed E-state index contributed by atoms with van der Waals surface area (Å²) in [5.74, 6) is 4.56.